The molecule has 0 aromatic rings. The molecule has 3 nitrogen and oxygen atoms in total. The van der Waals surface area contributed by atoms with Gasteiger partial charge in [-0.3, -0.25) is 0 Å². The van der Waals surface area contributed by atoms with Gasteiger partial charge in [-0.2, -0.15) is 5.26 Å². The predicted octanol–water partition coefficient (Wildman–Crippen LogP) is -0.968. The Morgan fingerprint density at radius 3 is 2.00 bits per heavy atom. The Kier molecular flexibility index (Phi) is 6.65. The molecule has 6 heavy (non-hydrogen) atoms. The van der Waals surface area contributed by atoms with E-state index in [1.807, 2.05) is 0 Å². The van der Waals surface area contributed by atoms with Crippen molar-refractivity contribution in [2.24, 2.45) is 5.73 Å². The molecule has 36 valence electrons. The molecule has 0 aliphatic heterocycles. The SMILES string of the molecule is CC(N)C#N.O. The highest BCUT2D eigenvalue weighted by Crippen LogP contribution is 1.59. The maximum atomic E-state index is 7.77. The molecule has 0 amide bonds. The zero-order valence-corrected chi connectivity index (χ0v) is 3.60. The predicted molar refractivity (Wildman–Crippen MR) is 22.9 cm³/mol. The maximum Gasteiger partial charge on any atom is 0.0899 e. The average Bonchev–Trinajstić information content (AvgIpc) is 1.38. The van der Waals surface area contributed by atoms with Crippen molar-refractivity contribution in [3.63, 3.8) is 0 Å². The lowest BCUT2D eigenvalue weighted by Crippen LogP contribution is -2.09. The van der Waals surface area contributed by atoms with Gasteiger partial charge < -0.3 is 11.2 Å². The van der Waals surface area contributed by atoms with Crippen LogP contribution >= 0.6 is 0 Å². The summed E-state index contributed by atoms with van der Waals surface area (Å²) in [4.78, 5) is 0. The highest BCUT2D eigenvalue weighted by atomic mass is 16.0. The van der Waals surface area contributed by atoms with Gasteiger partial charge in [0.1, 0.15) is 0 Å². The first-order valence-corrected chi connectivity index (χ1v) is 1.42. The van der Waals surface area contributed by atoms with Gasteiger partial charge in [0, 0.05) is 0 Å². The van der Waals surface area contributed by atoms with Crippen molar-refractivity contribution in [2.75, 3.05) is 0 Å². The monoisotopic (exact) mass is 88.1 g/mol. The minimum atomic E-state index is -0.310. The molecule has 0 saturated heterocycles. The lowest BCUT2D eigenvalue weighted by atomic mass is 10.4. The molecule has 0 aromatic heterocycles. The van der Waals surface area contributed by atoms with Crippen LogP contribution in [0.4, 0.5) is 0 Å². The number of nitrogens with two attached hydrogens (primary N) is 1. The summed E-state index contributed by atoms with van der Waals surface area (Å²) in [6.07, 6.45) is 0. The minimum absolute atomic E-state index is 0. The Bertz CT molecular complexity index is 54.3. The van der Waals surface area contributed by atoms with Crippen molar-refractivity contribution < 1.29 is 5.48 Å². The van der Waals surface area contributed by atoms with Crippen LogP contribution in [-0.4, -0.2) is 11.5 Å². The van der Waals surface area contributed by atoms with Crippen molar-refractivity contribution in [1.29, 1.82) is 5.26 Å². The van der Waals surface area contributed by atoms with Crippen LogP contribution in [0.3, 0.4) is 0 Å². The van der Waals surface area contributed by atoms with Gasteiger partial charge >= 0.3 is 0 Å². The van der Waals surface area contributed by atoms with Crippen molar-refractivity contribution in [3.05, 3.63) is 0 Å². The molecule has 0 aliphatic rings. The maximum absolute atomic E-state index is 7.77. The molecule has 0 spiro atoms. The smallest absolute Gasteiger partial charge is 0.0899 e. The minimum Gasteiger partial charge on any atom is -0.412 e. The Morgan fingerprint density at radius 1 is 1.83 bits per heavy atom. The lowest BCUT2D eigenvalue weighted by Gasteiger charge is -1.78. The Balaban J connectivity index is 0. The average molecular weight is 88.1 g/mol. The van der Waals surface area contributed by atoms with Crippen LogP contribution in [0.5, 0.6) is 0 Å². The van der Waals surface area contributed by atoms with E-state index in [0.29, 0.717) is 0 Å². The first kappa shape index (κ1) is 9.05. The number of hydrogen-bond donors (Lipinski definition) is 1. The summed E-state index contributed by atoms with van der Waals surface area (Å²) < 4.78 is 0. The first-order valence-electron chi connectivity index (χ1n) is 1.42. The molecular formula is C3H8N2O. The van der Waals surface area contributed by atoms with Crippen molar-refractivity contribution >= 4 is 0 Å². The highest BCUT2D eigenvalue weighted by Gasteiger charge is 1.78. The Hall–Kier alpha value is -0.590. The molecule has 0 rings (SSSR count). The summed E-state index contributed by atoms with van der Waals surface area (Å²) in [6, 6.07) is 1.50. The van der Waals surface area contributed by atoms with Crippen LogP contribution in [-0.2, 0) is 0 Å². The van der Waals surface area contributed by atoms with Gasteiger partial charge in [-0.15, -0.1) is 0 Å². The number of hydrogen-bond acceptors (Lipinski definition) is 2. The molecule has 0 radical (unpaired) electrons. The fourth-order valence-corrected chi connectivity index (χ4v) is 0. The number of nitrogens with zero attached hydrogens (tertiary/aromatic N) is 1. The van der Waals surface area contributed by atoms with Gasteiger partial charge in [0.15, 0.2) is 0 Å². The summed E-state index contributed by atoms with van der Waals surface area (Å²) in [5.74, 6) is 0. The normalized spacial score (nSPS) is 10.8. The second-order valence-corrected chi connectivity index (χ2v) is 0.918. The summed E-state index contributed by atoms with van der Waals surface area (Å²) in [7, 11) is 0. The molecule has 0 bridgehead atoms. The number of nitriles is 1. The molecule has 0 aromatic carbocycles. The molecule has 0 saturated carbocycles. The summed E-state index contributed by atoms with van der Waals surface area (Å²) in [5, 5.41) is 7.77. The van der Waals surface area contributed by atoms with Gasteiger partial charge in [-0.05, 0) is 6.92 Å². The Labute approximate surface area is 36.7 Å². The van der Waals surface area contributed by atoms with Crippen LogP contribution in [0.2, 0.25) is 0 Å². The zero-order valence-electron chi connectivity index (χ0n) is 3.60. The molecule has 3 heteroatoms. The molecule has 0 fully saturated rings. The van der Waals surface area contributed by atoms with Crippen molar-refractivity contribution in [1.82, 2.24) is 0 Å². The van der Waals surface area contributed by atoms with Gasteiger partial charge in [-0.1, -0.05) is 0 Å². The van der Waals surface area contributed by atoms with E-state index in [1.54, 1.807) is 13.0 Å². The molecule has 0 heterocycles. The fraction of sp³-hybridized carbons (Fsp3) is 0.667. The lowest BCUT2D eigenvalue weighted by molar-refractivity contribution is 0.824. The third kappa shape index (κ3) is 9.96. The van der Waals surface area contributed by atoms with Crippen LogP contribution < -0.4 is 5.73 Å². The van der Waals surface area contributed by atoms with Gasteiger partial charge in [0.2, 0.25) is 0 Å². The quantitative estimate of drug-likeness (QED) is 0.413. The van der Waals surface area contributed by atoms with Gasteiger partial charge in [-0.25, -0.2) is 0 Å². The molecular weight excluding hydrogens is 80.0 g/mol. The van der Waals surface area contributed by atoms with Crippen molar-refractivity contribution in [2.45, 2.75) is 13.0 Å². The first-order chi connectivity index (χ1) is 2.27. The van der Waals surface area contributed by atoms with Crippen LogP contribution in [0.15, 0.2) is 0 Å². The van der Waals surface area contributed by atoms with Gasteiger partial charge in [0.05, 0.1) is 12.1 Å². The summed E-state index contributed by atoms with van der Waals surface area (Å²) >= 11 is 0. The molecule has 4 N–H and O–H groups in total. The largest absolute Gasteiger partial charge is 0.412 e. The van der Waals surface area contributed by atoms with E-state index in [4.69, 9.17) is 11.0 Å². The van der Waals surface area contributed by atoms with E-state index in [9.17, 15) is 0 Å². The molecule has 1 atom stereocenters. The van der Waals surface area contributed by atoms with Crippen molar-refractivity contribution in [3.8, 4) is 6.07 Å². The van der Waals surface area contributed by atoms with E-state index >= 15 is 0 Å². The second kappa shape index (κ2) is 4.41. The van der Waals surface area contributed by atoms with E-state index in [-0.39, 0.29) is 11.5 Å². The Morgan fingerprint density at radius 2 is 2.00 bits per heavy atom. The summed E-state index contributed by atoms with van der Waals surface area (Å²) in [6.45, 7) is 1.64. The third-order valence-corrected chi connectivity index (χ3v) is 0.204. The van der Waals surface area contributed by atoms with E-state index in [2.05, 4.69) is 0 Å². The van der Waals surface area contributed by atoms with Crippen LogP contribution in [0.1, 0.15) is 6.92 Å². The highest BCUT2D eigenvalue weighted by molar-refractivity contribution is 4.80. The zero-order chi connectivity index (χ0) is 4.28. The molecule has 1 unspecified atom stereocenters. The third-order valence-electron chi connectivity index (χ3n) is 0.204. The van der Waals surface area contributed by atoms with Crippen LogP contribution in [0.25, 0.3) is 0 Å². The standard InChI is InChI=1S/C3H6N2.H2O/c1-3(5)2-4;/h3H,5H2,1H3;1H2. The van der Waals surface area contributed by atoms with E-state index < -0.39 is 0 Å². The summed E-state index contributed by atoms with van der Waals surface area (Å²) in [5.41, 5.74) is 4.93. The van der Waals surface area contributed by atoms with Crippen LogP contribution in [0, 0.1) is 11.3 Å². The second-order valence-electron chi connectivity index (χ2n) is 0.918. The number of rotatable bonds is 0. The topological polar surface area (TPSA) is 81.3 Å². The van der Waals surface area contributed by atoms with E-state index in [0.717, 1.165) is 0 Å². The fourth-order valence-electron chi connectivity index (χ4n) is 0. The van der Waals surface area contributed by atoms with E-state index in [1.165, 1.54) is 0 Å². The van der Waals surface area contributed by atoms with Gasteiger partial charge in [0.25, 0.3) is 0 Å². The molecule has 0 aliphatic carbocycles.